The van der Waals surface area contributed by atoms with Crippen molar-refractivity contribution in [2.75, 3.05) is 0 Å². The molecule has 21 nitrogen and oxygen atoms in total. The summed E-state index contributed by atoms with van der Waals surface area (Å²) in [5.74, 6) is -18.2. The minimum atomic E-state index is -1.82. The molecule has 0 aromatic carbocycles. The number of hydrogen-bond acceptors (Lipinski definition) is 10. The van der Waals surface area contributed by atoms with E-state index in [9.17, 15) is 0 Å². The first-order valence-electron chi connectivity index (χ1n) is 5.53. The maximum Gasteiger partial charge on any atom is 0.414 e. The molecule has 183 valence electrons. The Bertz CT molecular complexity index is 504. The van der Waals surface area contributed by atoms with Crippen LogP contribution in [0.3, 0.4) is 0 Å². The van der Waals surface area contributed by atoms with E-state index in [1.165, 1.54) is 0 Å². The molecule has 0 aliphatic carbocycles. The van der Waals surface area contributed by atoms with Gasteiger partial charge in [0.15, 0.2) is 0 Å². The molecule has 0 unspecified atom stereocenters. The van der Waals surface area contributed by atoms with Gasteiger partial charge >= 0.3 is 59.7 Å². The van der Waals surface area contributed by atoms with Crippen LogP contribution < -0.4 is 0 Å². The molecule has 0 bridgehead atoms. The molecule has 0 heterocycles. The Morgan fingerprint density at radius 2 is 0.281 bits per heavy atom. The third-order valence-electron chi connectivity index (χ3n) is 0.915. The smallest absolute Gasteiger partial charge is 0.414 e. The predicted octanol–water partition coefficient (Wildman–Crippen LogP) is -5.05. The number of rotatable bonds is 0. The summed E-state index contributed by atoms with van der Waals surface area (Å²) in [5, 5.41) is 73.9. The van der Waals surface area contributed by atoms with Gasteiger partial charge in [0.05, 0.1) is 0 Å². The van der Waals surface area contributed by atoms with Crippen LogP contribution in [0.1, 0.15) is 0 Å². The van der Waals surface area contributed by atoms with E-state index in [4.69, 9.17) is 99.0 Å². The summed E-state index contributed by atoms with van der Waals surface area (Å²) in [6.45, 7) is 0. The van der Waals surface area contributed by atoms with Crippen molar-refractivity contribution in [1.82, 2.24) is 0 Å². The summed E-state index contributed by atoms with van der Waals surface area (Å²) in [6.07, 6.45) is 0. The van der Waals surface area contributed by atoms with E-state index < -0.39 is 59.7 Å². The van der Waals surface area contributed by atoms with E-state index in [0.717, 1.165) is 0 Å². The monoisotopic (exact) mass is 561 g/mol. The van der Waals surface area contributed by atoms with Crippen molar-refractivity contribution in [3.63, 3.8) is 0 Å². The number of carbonyl (C=O) groups is 10. The summed E-state index contributed by atoms with van der Waals surface area (Å²) in [6, 6.07) is 0. The quantitative estimate of drug-likeness (QED) is 0.0976. The van der Waals surface area contributed by atoms with Crippen LogP contribution in [0.15, 0.2) is 0 Å². The molecule has 0 aromatic rings. The van der Waals surface area contributed by atoms with Crippen LogP contribution in [-0.2, 0) is 70.3 Å². The molecule has 0 spiro atoms. The standard InChI is InChI=1S/5C2H2O4.Nb.H2O/c5*3-1(4)2(5)6;;/h5*(H,3,4)(H,5,6);;1H2. The van der Waals surface area contributed by atoms with E-state index in [2.05, 4.69) is 0 Å². The van der Waals surface area contributed by atoms with Crippen LogP contribution in [0.2, 0.25) is 0 Å². The topological polar surface area (TPSA) is 404 Å². The zero-order valence-corrected chi connectivity index (χ0v) is 16.7. The van der Waals surface area contributed by atoms with Gasteiger partial charge in [-0.25, -0.2) is 47.9 Å². The first-order chi connectivity index (χ1) is 13.2. The van der Waals surface area contributed by atoms with Crippen LogP contribution in [0, 0.1) is 0 Å². The maximum atomic E-state index is 9.10. The van der Waals surface area contributed by atoms with Gasteiger partial charge < -0.3 is 56.5 Å². The number of hydrogen-bond donors (Lipinski definition) is 10. The molecule has 0 rings (SSSR count). The second kappa shape index (κ2) is 26.4. The van der Waals surface area contributed by atoms with Crippen LogP contribution in [0.4, 0.5) is 0 Å². The van der Waals surface area contributed by atoms with Crippen LogP contribution >= 0.6 is 0 Å². The first-order valence-corrected chi connectivity index (χ1v) is 5.53. The minimum absolute atomic E-state index is 0. The Morgan fingerprint density at radius 1 is 0.250 bits per heavy atom. The Hall–Kier alpha value is -4.60. The SMILES string of the molecule is O.O=C(O)C(=O)O.O=C(O)C(=O)O.O=C(O)C(=O)O.O=C(O)C(=O)O.O=C(O)C(=O)O.[Nb]. The predicted molar refractivity (Wildman–Crippen MR) is 80.0 cm³/mol. The fraction of sp³-hybridized carbons (Fsp3) is 0. The molecule has 22 heteroatoms. The van der Waals surface area contributed by atoms with E-state index >= 15 is 0 Å². The van der Waals surface area contributed by atoms with Gasteiger partial charge in [-0.1, -0.05) is 0 Å². The molecule has 12 N–H and O–H groups in total. The van der Waals surface area contributed by atoms with Crippen molar-refractivity contribution >= 4 is 59.7 Å². The molecule has 0 aliphatic heterocycles. The van der Waals surface area contributed by atoms with Crippen molar-refractivity contribution in [2.45, 2.75) is 0 Å². The van der Waals surface area contributed by atoms with Crippen LogP contribution in [0.5, 0.6) is 0 Å². The van der Waals surface area contributed by atoms with E-state index in [0.29, 0.717) is 0 Å². The van der Waals surface area contributed by atoms with Gasteiger partial charge in [0.2, 0.25) is 0 Å². The summed E-state index contributed by atoms with van der Waals surface area (Å²) in [4.78, 5) is 91.0. The molecular weight excluding hydrogens is 549 g/mol. The van der Waals surface area contributed by atoms with E-state index in [1.54, 1.807) is 0 Å². The van der Waals surface area contributed by atoms with Gasteiger partial charge in [-0.05, 0) is 0 Å². The average molecular weight is 561 g/mol. The Morgan fingerprint density at radius 3 is 0.281 bits per heavy atom. The van der Waals surface area contributed by atoms with E-state index in [-0.39, 0.29) is 27.9 Å². The minimum Gasteiger partial charge on any atom is -0.473 e. The third-order valence-corrected chi connectivity index (χ3v) is 0.915. The molecule has 0 fully saturated rings. The largest absolute Gasteiger partial charge is 0.473 e. The van der Waals surface area contributed by atoms with E-state index in [1.807, 2.05) is 0 Å². The van der Waals surface area contributed by atoms with Crippen LogP contribution in [-0.4, -0.2) is 116 Å². The zero-order valence-electron chi connectivity index (χ0n) is 14.5. The van der Waals surface area contributed by atoms with Gasteiger partial charge in [0.1, 0.15) is 0 Å². The fourth-order valence-electron chi connectivity index (χ4n) is 0. The van der Waals surface area contributed by atoms with Crippen molar-refractivity contribution in [3.05, 3.63) is 0 Å². The molecule has 0 aromatic heterocycles. The number of carboxylic acid groups (broad SMARTS) is 10. The molecule has 32 heavy (non-hydrogen) atoms. The first kappa shape index (κ1) is 45.9. The molecular formula is C10H12NbO21. The van der Waals surface area contributed by atoms with Crippen LogP contribution in [0.25, 0.3) is 0 Å². The molecule has 0 amide bonds. The number of carboxylic acids is 10. The van der Waals surface area contributed by atoms with Gasteiger partial charge in [-0.2, -0.15) is 0 Å². The van der Waals surface area contributed by atoms with Gasteiger partial charge in [0.25, 0.3) is 0 Å². The molecule has 0 saturated carbocycles. The Kier molecular flexibility index (Phi) is 37.9. The molecule has 1 radical (unpaired) electrons. The second-order valence-electron chi connectivity index (χ2n) is 3.05. The third kappa shape index (κ3) is 63.8. The Balaban J connectivity index is -0.0000000481. The number of aliphatic carboxylic acids is 10. The molecule has 0 saturated heterocycles. The summed E-state index contributed by atoms with van der Waals surface area (Å²) in [5.41, 5.74) is 0. The van der Waals surface area contributed by atoms with Gasteiger partial charge in [-0.15, -0.1) is 0 Å². The molecule has 0 aliphatic rings. The summed E-state index contributed by atoms with van der Waals surface area (Å²) >= 11 is 0. The summed E-state index contributed by atoms with van der Waals surface area (Å²) in [7, 11) is 0. The van der Waals surface area contributed by atoms with Crippen molar-refractivity contribution in [2.24, 2.45) is 0 Å². The zero-order chi connectivity index (χ0) is 25.8. The van der Waals surface area contributed by atoms with Crippen molar-refractivity contribution < 1.29 is 127 Å². The fourth-order valence-corrected chi connectivity index (χ4v) is 0. The maximum absolute atomic E-state index is 9.10. The normalized spacial score (nSPS) is 6.88. The van der Waals surface area contributed by atoms with Crippen molar-refractivity contribution in [3.8, 4) is 0 Å². The average Bonchev–Trinajstić information content (AvgIpc) is 2.56. The van der Waals surface area contributed by atoms with Gasteiger partial charge in [0, 0.05) is 22.4 Å². The van der Waals surface area contributed by atoms with Crippen molar-refractivity contribution in [1.29, 1.82) is 0 Å². The Labute approximate surface area is 187 Å². The van der Waals surface area contributed by atoms with Gasteiger partial charge in [-0.3, -0.25) is 0 Å². The second-order valence-corrected chi connectivity index (χ2v) is 3.05. The molecule has 0 atom stereocenters. The summed E-state index contributed by atoms with van der Waals surface area (Å²) < 4.78 is 0.